The maximum absolute atomic E-state index is 5.89. The Balaban J connectivity index is 1.91. The van der Waals surface area contributed by atoms with E-state index in [2.05, 4.69) is 61.5 Å². The van der Waals surface area contributed by atoms with Gasteiger partial charge in [-0.3, -0.25) is 0 Å². The van der Waals surface area contributed by atoms with Crippen LogP contribution in [0.25, 0.3) is 0 Å². The molecule has 0 N–H and O–H groups in total. The van der Waals surface area contributed by atoms with Crippen LogP contribution in [0.3, 0.4) is 0 Å². The highest BCUT2D eigenvalue weighted by Crippen LogP contribution is 2.44. The van der Waals surface area contributed by atoms with Gasteiger partial charge in [-0.25, -0.2) is 0 Å². The van der Waals surface area contributed by atoms with Crippen LogP contribution in [-0.2, 0) is 0 Å². The second-order valence-electron chi connectivity index (χ2n) is 5.61. The Hall–Kier alpha value is -1.76. The zero-order chi connectivity index (χ0) is 13.8. The molecule has 0 saturated heterocycles. The van der Waals surface area contributed by atoms with Crippen molar-refractivity contribution in [3.8, 4) is 5.75 Å². The minimum atomic E-state index is 0.500. The van der Waals surface area contributed by atoms with Crippen LogP contribution in [0.5, 0.6) is 5.75 Å². The van der Waals surface area contributed by atoms with Crippen molar-refractivity contribution in [1.29, 1.82) is 0 Å². The van der Waals surface area contributed by atoms with Crippen molar-refractivity contribution in [3.05, 3.63) is 65.7 Å². The van der Waals surface area contributed by atoms with Crippen LogP contribution in [-0.4, -0.2) is 6.61 Å². The molecule has 1 aliphatic rings. The molecular formula is C19H22O. The summed E-state index contributed by atoms with van der Waals surface area (Å²) in [7, 11) is 0. The van der Waals surface area contributed by atoms with E-state index >= 15 is 0 Å². The molecular weight excluding hydrogens is 244 g/mol. The molecule has 0 spiro atoms. The fourth-order valence-corrected chi connectivity index (χ4v) is 3.24. The van der Waals surface area contributed by atoms with Gasteiger partial charge in [-0.1, -0.05) is 68.3 Å². The normalized spacial score (nSPS) is 18.4. The summed E-state index contributed by atoms with van der Waals surface area (Å²) in [6.45, 7) is 3.09. The van der Waals surface area contributed by atoms with E-state index < -0.39 is 0 Å². The molecule has 2 unspecified atom stereocenters. The first-order valence-corrected chi connectivity index (χ1v) is 7.67. The fourth-order valence-electron chi connectivity index (χ4n) is 3.24. The number of rotatable bonds is 5. The zero-order valence-corrected chi connectivity index (χ0v) is 12.1. The minimum Gasteiger partial charge on any atom is -0.493 e. The number of benzene rings is 2. The second kappa shape index (κ2) is 6.13. The summed E-state index contributed by atoms with van der Waals surface area (Å²) >= 11 is 0. The van der Waals surface area contributed by atoms with E-state index in [1.807, 2.05) is 0 Å². The minimum absolute atomic E-state index is 0.500. The van der Waals surface area contributed by atoms with E-state index in [1.54, 1.807) is 0 Å². The molecule has 2 aromatic carbocycles. The van der Waals surface area contributed by atoms with Crippen LogP contribution >= 0.6 is 0 Å². The van der Waals surface area contributed by atoms with Gasteiger partial charge >= 0.3 is 0 Å². The van der Waals surface area contributed by atoms with Crippen molar-refractivity contribution in [2.45, 2.75) is 38.0 Å². The Morgan fingerprint density at radius 1 is 1.05 bits per heavy atom. The lowest BCUT2D eigenvalue weighted by molar-refractivity contribution is 0.308. The summed E-state index contributed by atoms with van der Waals surface area (Å²) in [6, 6.07) is 19.4. The molecule has 0 saturated carbocycles. The van der Waals surface area contributed by atoms with Gasteiger partial charge in [-0.15, -0.1) is 0 Å². The van der Waals surface area contributed by atoms with E-state index in [0.29, 0.717) is 11.8 Å². The lowest BCUT2D eigenvalue weighted by Gasteiger charge is -2.23. The Morgan fingerprint density at radius 2 is 1.80 bits per heavy atom. The highest BCUT2D eigenvalue weighted by atomic mass is 16.5. The van der Waals surface area contributed by atoms with Crippen molar-refractivity contribution in [2.75, 3.05) is 6.61 Å². The molecule has 2 aromatic rings. The molecule has 0 bridgehead atoms. The van der Waals surface area contributed by atoms with Gasteiger partial charge in [0.25, 0.3) is 0 Å². The third kappa shape index (κ3) is 2.58. The first-order chi connectivity index (χ1) is 9.90. The Morgan fingerprint density at radius 3 is 2.60 bits per heavy atom. The molecule has 20 heavy (non-hydrogen) atoms. The number of hydrogen-bond donors (Lipinski definition) is 0. The molecule has 104 valence electrons. The van der Waals surface area contributed by atoms with Crippen molar-refractivity contribution < 1.29 is 4.74 Å². The average molecular weight is 266 g/mol. The molecule has 0 amide bonds. The van der Waals surface area contributed by atoms with Gasteiger partial charge in [0, 0.05) is 11.5 Å². The van der Waals surface area contributed by atoms with Gasteiger partial charge < -0.3 is 4.74 Å². The van der Waals surface area contributed by atoms with Gasteiger partial charge in [-0.05, 0) is 24.0 Å². The predicted octanol–water partition coefficient (Wildman–Crippen LogP) is 5.14. The highest BCUT2D eigenvalue weighted by molar-refractivity contribution is 5.42. The van der Waals surface area contributed by atoms with Crippen molar-refractivity contribution >= 4 is 0 Å². The molecule has 1 heteroatoms. The van der Waals surface area contributed by atoms with Crippen LogP contribution in [0.1, 0.15) is 49.1 Å². The van der Waals surface area contributed by atoms with Gasteiger partial charge in [0.05, 0.1) is 6.61 Å². The number of ether oxygens (including phenoxy) is 1. The van der Waals surface area contributed by atoms with Crippen LogP contribution in [0.4, 0.5) is 0 Å². The van der Waals surface area contributed by atoms with E-state index in [9.17, 15) is 0 Å². The van der Waals surface area contributed by atoms with Gasteiger partial charge in [-0.2, -0.15) is 0 Å². The smallest absolute Gasteiger partial charge is 0.122 e. The molecule has 0 aliphatic carbocycles. The molecule has 1 nitrogen and oxygen atoms in total. The summed E-state index contributed by atoms with van der Waals surface area (Å²) in [5.41, 5.74) is 2.84. The summed E-state index contributed by atoms with van der Waals surface area (Å²) in [5, 5.41) is 0. The Bertz CT molecular complexity index is 547. The van der Waals surface area contributed by atoms with Gasteiger partial charge in [0.1, 0.15) is 5.75 Å². The van der Waals surface area contributed by atoms with Crippen LogP contribution in [0.2, 0.25) is 0 Å². The molecule has 0 aromatic heterocycles. The summed E-state index contributed by atoms with van der Waals surface area (Å²) < 4.78 is 5.89. The van der Waals surface area contributed by atoms with E-state index in [-0.39, 0.29) is 0 Å². The number of hydrogen-bond acceptors (Lipinski definition) is 1. The van der Waals surface area contributed by atoms with Crippen molar-refractivity contribution in [1.82, 2.24) is 0 Å². The highest BCUT2D eigenvalue weighted by Gasteiger charge is 2.31. The largest absolute Gasteiger partial charge is 0.493 e. The number of unbranched alkanes of at least 4 members (excludes halogenated alkanes) is 1. The summed E-state index contributed by atoms with van der Waals surface area (Å²) in [4.78, 5) is 0. The third-order valence-electron chi connectivity index (χ3n) is 4.32. The summed E-state index contributed by atoms with van der Waals surface area (Å²) in [5.74, 6) is 2.15. The monoisotopic (exact) mass is 266 g/mol. The fraction of sp³-hybridized carbons (Fsp3) is 0.368. The quantitative estimate of drug-likeness (QED) is 0.728. The maximum Gasteiger partial charge on any atom is 0.122 e. The van der Waals surface area contributed by atoms with Gasteiger partial charge in [0.2, 0.25) is 0 Å². The van der Waals surface area contributed by atoms with E-state index in [1.165, 1.54) is 30.4 Å². The number of fused-ring (bicyclic) bond motifs is 1. The second-order valence-corrected chi connectivity index (χ2v) is 5.61. The lowest BCUT2D eigenvalue weighted by atomic mass is 9.79. The molecule has 1 heterocycles. The molecule has 2 atom stereocenters. The van der Waals surface area contributed by atoms with Crippen molar-refractivity contribution in [3.63, 3.8) is 0 Å². The number of para-hydroxylation sites is 1. The summed E-state index contributed by atoms with van der Waals surface area (Å²) in [6.07, 6.45) is 3.76. The van der Waals surface area contributed by atoms with E-state index in [4.69, 9.17) is 4.74 Å². The topological polar surface area (TPSA) is 9.23 Å². The maximum atomic E-state index is 5.89. The van der Waals surface area contributed by atoms with Crippen molar-refractivity contribution in [2.24, 2.45) is 0 Å². The lowest BCUT2D eigenvalue weighted by Crippen LogP contribution is -2.13. The third-order valence-corrected chi connectivity index (χ3v) is 4.32. The van der Waals surface area contributed by atoms with Gasteiger partial charge in [0.15, 0.2) is 0 Å². The Kier molecular flexibility index (Phi) is 4.05. The SMILES string of the molecule is CCCCC(c1ccccc1)C1COc2ccccc21. The van der Waals surface area contributed by atoms with Crippen LogP contribution < -0.4 is 4.74 Å². The predicted molar refractivity (Wildman–Crippen MR) is 83.4 cm³/mol. The first kappa shape index (κ1) is 13.2. The van der Waals surface area contributed by atoms with Crippen LogP contribution in [0.15, 0.2) is 54.6 Å². The molecule has 0 fully saturated rings. The van der Waals surface area contributed by atoms with E-state index in [0.717, 1.165) is 12.4 Å². The standard InChI is InChI=1S/C19H22O/c1-2-3-11-16(15-9-5-4-6-10-15)18-14-20-19-13-8-7-12-17(18)19/h4-10,12-13,16,18H,2-3,11,14H2,1H3. The van der Waals surface area contributed by atoms with Crippen LogP contribution in [0, 0.1) is 0 Å². The molecule has 1 aliphatic heterocycles. The molecule has 3 rings (SSSR count). The first-order valence-electron chi connectivity index (χ1n) is 7.67. The average Bonchev–Trinajstić information content (AvgIpc) is 2.93. The zero-order valence-electron chi connectivity index (χ0n) is 12.1. The molecule has 0 radical (unpaired) electrons. The Labute approximate surface area is 121 Å².